The van der Waals surface area contributed by atoms with E-state index in [1.807, 2.05) is 34.1 Å². The lowest BCUT2D eigenvalue weighted by atomic mass is 9.97. The maximum Gasteiger partial charge on any atom is 0.253 e. The van der Waals surface area contributed by atoms with E-state index in [1.165, 1.54) is 12.0 Å². The highest BCUT2D eigenvalue weighted by molar-refractivity contribution is 5.94. The van der Waals surface area contributed by atoms with Crippen LogP contribution in [0.2, 0.25) is 0 Å². The topological polar surface area (TPSA) is 49.9 Å². The molecule has 0 spiro atoms. The zero-order valence-corrected chi connectivity index (χ0v) is 15.1. The highest BCUT2D eigenvalue weighted by Gasteiger charge is 2.29. The summed E-state index contributed by atoms with van der Waals surface area (Å²) in [6.07, 6.45) is 4.94. The Labute approximate surface area is 149 Å². The van der Waals surface area contributed by atoms with E-state index in [9.17, 15) is 9.59 Å². The molecule has 0 aliphatic carbocycles. The molecule has 2 amide bonds. The van der Waals surface area contributed by atoms with Gasteiger partial charge in [-0.15, -0.1) is 0 Å². The van der Waals surface area contributed by atoms with Crippen LogP contribution < -0.4 is 0 Å². The summed E-state index contributed by atoms with van der Waals surface area (Å²) in [6.45, 7) is 3.82. The third-order valence-corrected chi connectivity index (χ3v) is 5.23. The number of amides is 2. The first kappa shape index (κ1) is 17.9. The van der Waals surface area contributed by atoms with Gasteiger partial charge in [0.2, 0.25) is 5.91 Å². The van der Waals surface area contributed by atoms with Crippen LogP contribution in [0.15, 0.2) is 24.3 Å². The molecule has 2 fully saturated rings. The van der Waals surface area contributed by atoms with E-state index < -0.39 is 0 Å². The number of carbonyl (C=O) groups is 2. The van der Waals surface area contributed by atoms with E-state index in [1.54, 1.807) is 7.11 Å². The highest BCUT2D eigenvalue weighted by atomic mass is 16.5. The maximum atomic E-state index is 12.5. The molecule has 0 saturated carbocycles. The van der Waals surface area contributed by atoms with E-state index in [0.717, 1.165) is 44.5 Å². The fourth-order valence-electron chi connectivity index (χ4n) is 3.80. The van der Waals surface area contributed by atoms with E-state index in [4.69, 9.17) is 4.74 Å². The average Bonchev–Trinajstić information content (AvgIpc) is 3.00. The number of benzene rings is 1. The summed E-state index contributed by atoms with van der Waals surface area (Å²) in [7, 11) is 1.66. The molecule has 25 heavy (non-hydrogen) atoms. The number of likely N-dealkylation sites (tertiary alicyclic amines) is 2. The molecule has 2 heterocycles. The molecule has 1 aromatic rings. The second kappa shape index (κ2) is 8.48. The molecule has 5 nitrogen and oxygen atoms in total. The van der Waals surface area contributed by atoms with E-state index >= 15 is 0 Å². The van der Waals surface area contributed by atoms with Crippen molar-refractivity contribution in [3.8, 4) is 0 Å². The number of hydrogen-bond donors (Lipinski definition) is 0. The lowest BCUT2D eigenvalue weighted by Crippen LogP contribution is -2.35. The number of nitrogens with zero attached hydrogens (tertiary/aromatic N) is 2. The minimum Gasteiger partial charge on any atom is -0.383 e. The standard InChI is InChI=1S/C20H28N2O3/c1-25-12-11-22-15-17(14-19(22)23)13-16-5-7-18(8-6-16)20(24)21-9-3-2-4-10-21/h5-8,17H,2-4,9-15H2,1H3. The molecule has 0 aromatic heterocycles. The van der Waals surface area contributed by atoms with Crippen LogP contribution in [0, 0.1) is 5.92 Å². The highest BCUT2D eigenvalue weighted by Crippen LogP contribution is 2.22. The van der Waals surface area contributed by atoms with Gasteiger partial charge in [-0.1, -0.05) is 12.1 Å². The molecule has 2 saturated heterocycles. The molecule has 0 N–H and O–H groups in total. The normalized spacial score (nSPS) is 21.0. The van der Waals surface area contributed by atoms with Crippen molar-refractivity contribution >= 4 is 11.8 Å². The molecule has 0 bridgehead atoms. The van der Waals surface area contributed by atoms with Crippen molar-refractivity contribution in [3.63, 3.8) is 0 Å². The SMILES string of the molecule is COCCN1CC(Cc2ccc(C(=O)N3CCCCC3)cc2)CC1=O. The van der Waals surface area contributed by atoms with Crippen LogP contribution in [0.5, 0.6) is 0 Å². The third kappa shape index (κ3) is 4.60. The van der Waals surface area contributed by atoms with Crippen LogP contribution >= 0.6 is 0 Å². The van der Waals surface area contributed by atoms with Gasteiger partial charge in [-0.3, -0.25) is 9.59 Å². The minimum atomic E-state index is 0.146. The van der Waals surface area contributed by atoms with Gasteiger partial charge in [0.1, 0.15) is 0 Å². The molecule has 3 rings (SSSR count). The number of ether oxygens (including phenoxy) is 1. The predicted molar refractivity (Wildman–Crippen MR) is 96.5 cm³/mol. The predicted octanol–water partition coefficient (Wildman–Crippen LogP) is 2.35. The summed E-state index contributed by atoms with van der Waals surface area (Å²) in [4.78, 5) is 28.4. The summed E-state index contributed by atoms with van der Waals surface area (Å²) in [5.74, 6) is 0.722. The Kier molecular flexibility index (Phi) is 6.08. The fourth-order valence-corrected chi connectivity index (χ4v) is 3.80. The minimum absolute atomic E-state index is 0.146. The number of carbonyl (C=O) groups excluding carboxylic acids is 2. The Bertz CT molecular complexity index is 593. The van der Waals surface area contributed by atoms with Gasteiger partial charge in [0, 0.05) is 45.3 Å². The second-order valence-electron chi connectivity index (χ2n) is 7.16. The molecular weight excluding hydrogens is 316 g/mol. The van der Waals surface area contributed by atoms with Gasteiger partial charge in [-0.05, 0) is 49.3 Å². The summed E-state index contributed by atoms with van der Waals surface area (Å²) >= 11 is 0. The fraction of sp³-hybridized carbons (Fsp3) is 0.600. The summed E-state index contributed by atoms with van der Waals surface area (Å²) in [6, 6.07) is 7.95. The zero-order chi connectivity index (χ0) is 17.6. The monoisotopic (exact) mass is 344 g/mol. The maximum absolute atomic E-state index is 12.5. The second-order valence-corrected chi connectivity index (χ2v) is 7.16. The Morgan fingerprint density at radius 2 is 1.88 bits per heavy atom. The number of hydrogen-bond acceptors (Lipinski definition) is 3. The lowest BCUT2D eigenvalue weighted by Gasteiger charge is -2.26. The van der Waals surface area contributed by atoms with Crippen LogP contribution in [0.1, 0.15) is 41.6 Å². The van der Waals surface area contributed by atoms with E-state index in [0.29, 0.717) is 25.5 Å². The largest absolute Gasteiger partial charge is 0.383 e. The number of methoxy groups -OCH3 is 1. The summed E-state index contributed by atoms with van der Waals surface area (Å²) in [5, 5.41) is 0. The smallest absolute Gasteiger partial charge is 0.253 e. The van der Waals surface area contributed by atoms with Crippen molar-refractivity contribution in [2.24, 2.45) is 5.92 Å². The third-order valence-electron chi connectivity index (χ3n) is 5.23. The van der Waals surface area contributed by atoms with Gasteiger partial charge >= 0.3 is 0 Å². The Balaban J connectivity index is 1.54. The van der Waals surface area contributed by atoms with Crippen LogP contribution in [0.4, 0.5) is 0 Å². The van der Waals surface area contributed by atoms with E-state index in [-0.39, 0.29) is 11.8 Å². The molecule has 2 aliphatic heterocycles. The van der Waals surface area contributed by atoms with Crippen molar-refractivity contribution in [2.45, 2.75) is 32.1 Å². The number of rotatable bonds is 6. The molecule has 2 aliphatic rings. The van der Waals surface area contributed by atoms with E-state index in [2.05, 4.69) is 0 Å². The number of piperidine rings is 1. The quantitative estimate of drug-likeness (QED) is 0.796. The zero-order valence-electron chi connectivity index (χ0n) is 15.1. The summed E-state index contributed by atoms with van der Waals surface area (Å²) in [5.41, 5.74) is 1.97. The molecule has 136 valence electrons. The average molecular weight is 344 g/mol. The van der Waals surface area contributed by atoms with Gasteiger partial charge in [-0.2, -0.15) is 0 Å². The molecule has 5 heteroatoms. The van der Waals surface area contributed by atoms with Crippen molar-refractivity contribution in [1.82, 2.24) is 9.80 Å². The molecule has 1 unspecified atom stereocenters. The van der Waals surface area contributed by atoms with Gasteiger partial charge in [-0.25, -0.2) is 0 Å². The van der Waals surface area contributed by atoms with Crippen molar-refractivity contribution in [3.05, 3.63) is 35.4 Å². The first-order valence-corrected chi connectivity index (χ1v) is 9.32. The van der Waals surface area contributed by atoms with Gasteiger partial charge in [0.05, 0.1) is 6.61 Å². The lowest BCUT2D eigenvalue weighted by molar-refractivity contribution is -0.128. The molecule has 1 aromatic carbocycles. The Hall–Kier alpha value is -1.88. The van der Waals surface area contributed by atoms with Gasteiger partial charge in [0.25, 0.3) is 5.91 Å². The molecular formula is C20H28N2O3. The van der Waals surface area contributed by atoms with Crippen molar-refractivity contribution < 1.29 is 14.3 Å². The van der Waals surface area contributed by atoms with Crippen molar-refractivity contribution in [1.29, 1.82) is 0 Å². The van der Waals surface area contributed by atoms with Crippen molar-refractivity contribution in [2.75, 3.05) is 39.9 Å². The Morgan fingerprint density at radius 1 is 1.16 bits per heavy atom. The molecule has 0 radical (unpaired) electrons. The Morgan fingerprint density at radius 3 is 2.56 bits per heavy atom. The first-order chi connectivity index (χ1) is 12.2. The van der Waals surface area contributed by atoms with Crippen LogP contribution in [-0.4, -0.2) is 61.5 Å². The van der Waals surface area contributed by atoms with Gasteiger partial charge in [0.15, 0.2) is 0 Å². The van der Waals surface area contributed by atoms with Crippen LogP contribution in [0.25, 0.3) is 0 Å². The van der Waals surface area contributed by atoms with Crippen LogP contribution in [0.3, 0.4) is 0 Å². The van der Waals surface area contributed by atoms with Crippen LogP contribution in [-0.2, 0) is 16.0 Å². The summed E-state index contributed by atoms with van der Waals surface area (Å²) < 4.78 is 5.06. The van der Waals surface area contributed by atoms with Gasteiger partial charge < -0.3 is 14.5 Å². The first-order valence-electron chi connectivity index (χ1n) is 9.32. The molecule has 1 atom stereocenters.